The number of nitrogens with two attached hydrogens (primary N) is 1. The Hall–Kier alpha value is -0.910. The third-order valence-corrected chi connectivity index (χ3v) is 7.48. The molecular formula is C22H28Cl2N2OS. The molecule has 0 aromatic heterocycles. The maximum absolute atomic E-state index is 12.0. The SMILES string of the molecule is CS(=O)c1ccccc1C1CCN(CC[C@H](CN)c2ccc(Cl)c(Cl)c2)CC1. The molecule has 152 valence electrons. The molecule has 6 heteroatoms. The lowest BCUT2D eigenvalue weighted by molar-refractivity contribution is 0.205. The van der Waals surface area contributed by atoms with Gasteiger partial charge in [-0.1, -0.05) is 47.5 Å². The third kappa shape index (κ3) is 5.37. The minimum Gasteiger partial charge on any atom is -0.330 e. The van der Waals surface area contributed by atoms with Crippen LogP contribution in [0, 0.1) is 0 Å². The van der Waals surface area contributed by atoms with E-state index in [2.05, 4.69) is 17.0 Å². The van der Waals surface area contributed by atoms with Crippen LogP contribution in [-0.2, 0) is 10.8 Å². The van der Waals surface area contributed by atoms with E-state index in [1.165, 1.54) is 5.56 Å². The standard InChI is InChI=1S/C22H28Cl2N2OS/c1-28(27)22-5-3-2-4-19(22)16-8-11-26(12-9-16)13-10-18(15-25)17-6-7-20(23)21(24)14-17/h2-7,14,16,18H,8-13,15,25H2,1H3/t18-,28?/m1/s1. The summed E-state index contributed by atoms with van der Waals surface area (Å²) in [5.41, 5.74) is 8.45. The van der Waals surface area contributed by atoms with Crippen LogP contribution in [0.25, 0.3) is 0 Å². The van der Waals surface area contributed by atoms with Gasteiger partial charge in [0.2, 0.25) is 0 Å². The fourth-order valence-corrected chi connectivity index (χ4v) is 5.22. The van der Waals surface area contributed by atoms with Crippen LogP contribution in [0.15, 0.2) is 47.4 Å². The van der Waals surface area contributed by atoms with Gasteiger partial charge in [-0.05, 0) is 86.6 Å². The van der Waals surface area contributed by atoms with E-state index in [9.17, 15) is 4.21 Å². The van der Waals surface area contributed by atoms with Gasteiger partial charge >= 0.3 is 0 Å². The highest BCUT2D eigenvalue weighted by Gasteiger charge is 2.24. The van der Waals surface area contributed by atoms with E-state index < -0.39 is 10.8 Å². The Morgan fingerprint density at radius 3 is 2.50 bits per heavy atom. The smallest absolute Gasteiger partial charge is 0.0595 e. The summed E-state index contributed by atoms with van der Waals surface area (Å²) < 4.78 is 12.0. The normalized spacial score (nSPS) is 18.1. The van der Waals surface area contributed by atoms with E-state index in [4.69, 9.17) is 28.9 Å². The fraction of sp³-hybridized carbons (Fsp3) is 0.455. The molecule has 3 rings (SSSR count). The average Bonchev–Trinajstić information content (AvgIpc) is 2.71. The largest absolute Gasteiger partial charge is 0.330 e. The van der Waals surface area contributed by atoms with Gasteiger partial charge in [0.1, 0.15) is 0 Å². The molecule has 0 radical (unpaired) electrons. The molecule has 1 aliphatic heterocycles. The van der Waals surface area contributed by atoms with Gasteiger partial charge < -0.3 is 10.6 Å². The number of likely N-dealkylation sites (tertiary alicyclic amines) is 1. The van der Waals surface area contributed by atoms with Crippen LogP contribution in [0.4, 0.5) is 0 Å². The monoisotopic (exact) mass is 438 g/mol. The molecule has 0 aliphatic carbocycles. The van der Waals surface area contributed by atoms with Crippen molar-refractivity contribution in [3.05, 3.63) is 63.6 Å². The van der Waals surface area contributed by atoms with E-state index in [1.807, 2.05) is 30.3 Å². The maximum Gasteiger partial charge on any atom is 0.0595 e. The van der Waals surface area contributed by atoms with E-state index in [1.54, 1.807) is 6.26 Å². The summed E-state index contributed by atoms with van der Waals surface area (Å²) >= 11 is 12.2. The Morgan fingerprint density at radius 2 is 1.86 bits per heavy atom. The molecular weight excluding hydrogens is 411 g/mol. The van der Waals surface area contributed by atoms with Gasteiger partial charge in [-0.3, -0.25) is 4.21 Å². The molecule has 1 saturated heterocycles. The topological polar surface area (TPSA) is 46.3 Å². The van der Waals surface area contributed by atoms with Crippen molar-refractivity contribution >= 4 is 34.0 Å². The summed E-state index contributed by atoms with van der Waals surface area (Å²) in [5.74, 6) is 0.785. The summed E-state index contributed by atoms with van der Waals surface area (Å²) in [6.45, 7) is 3.75. The van der Waals surface area contributed by atoms with Crippen LogP contribution in [0.2, 0.25) is 10.0 Å². The van der Waals surface area contributed by atoms with Gasteiger partial charge in [-0.25, -0.2) is 0 Å². The van der Waals surface area contributed by atoms with Crippen molar-refractivity contribution < 1.29 is 4.21 Å². The van der Waals surface area contributed by atoms with Crippen molar-refractivity contribution in [2.75, 3.05) is 32.4 Å². The van der Waals surface area contributed by atoms with Crippen LogP contribution in [0.1, 0.15) is 42.2 Å². The zero-order valence-electron chi connectivity index (χ0n) is 16.2. The van der Waals surface area contributed by atoms with Crippen LogP contribution in [-0.4, -0.2) is 41.5 Å². The molecule has 3 nitrogen and oxygen atoms in total. The summed E-state index contributed by atoms with van der Waals surface area (Å²) in [6.07, 6.45) is 4.99. The van der Waals surface area contributed by atoms with Crippen LogP contribution >= 0.6 is 23.2 Å². The Bertz CT molecular complexity index is 822. The zero-order valence-corrected chi connectivity index (χ0v) is 18.6. The minimum atomic E-state index is -0.934. The number of nitrogens with zero attached hydrogens (tertiary/aromatic N) is 1. The van der Waals surface area contributed by atoms with E-state index in [-0.39, 0.29) is 5.92 Å². The first kappa shape index (κ1) is 21.8. The van der Waals surface area contributed by atoms with Gasteiger partial charge in [0, 0.05) is 11.2 Å². The van der Waals surface area contributed by atoms with Crippen molar-refractivity contribution in [1.29, 1.82) is 0 Å². The summed E-state index contributed by atoms with van der Waals surface area (Å²) in [5, 5.41) is 1.17. The van der Waals surface area contributed by atoms with Crippen molar-refractivity contribution in [2.45, 2.75) is 36.0 Å². The molecule has 0 saturated carbocycles. The molecule has 0 amide bonds. The summed E-state index contributed by atoms with van der Waals surface area (Å²) in [4.78, 5) is 3.51. The number of hydrogen-bond donors (Lipinski definition) is 1. The van der Waals surface area contributed by atoms with Crippen LogP contribution in [0.5, 0.6) is 0 Å². The first-order valence-corrected chi connectivity index (χ1v) is 12.1. The molecule has 28 heavy (non-hydrogen) atoms. The van der Waals surface area contributed by atoms with E-state index in [0.29, 0.717) is 22.5 Å². The molecule has 2 aromatic rings. The second-order valence-electron chi connectivity index (χ2n) is 7.50. The highest BCUT2D eigenvalue weighted by molar-refractivity contribution is 7.84. The van der Waals surface area contributed by atoms with Gasteiger partial charge in [-0.15, -0.1) is 0 Å². The molecule has 1 heterocycles. The fourth-order valence-electron chi connectivity index (χ4n) is 4.07. The van der Waals surface area contributed by atoms with Crippen molar-refractivity contribution in [1.82, 2.24) is 4.90 Å². The Balaban J connectivity index is 1.55. The predicted molar refractivity (Wildman–Crippen MR) is 120 cm³/mol. The van der Waals surface area contributed by atoms with Crippen molar-refractivity contribution in [3.8, 4) is 0 Å². The quantitative estimate of drug-likeness (QED) is 0.657. The number of piperidine rings is 1. The van der Waals surface area contributed by atoms with Crippen molar-refractivity contribution in [3.63, 3.8) is 0 Å². The molecule has 2 aromatic carbocycles. The highest BCUT2D eigenvalue weighted by atomic mass is 35.5. The van der Waals surface area contributed by atoms with Crippen LogP contribution in [0.3, 0.4) is 0 Å². The van der Waals surface area contributed by atoms with Gasteiger partial charge in [0.25, 0.3) is 0 Å². The summed E-state index contributed by atoms with van der Waals surface area (Å²) in [6, 6.07) is 14.0. The zero-order chi connectivity index (χ0) is 20.1. The lowest BCUT2D eigenvalue weighted by atomic mass is 9.89. The molecule has 2 N–H and O–H groups in total. The second-order valence-corrected chi connectivity index (χ2v) is 9.67. The highest BCUT2D eigenvalue weighted by Crippen LogP contribution is 2.32. The first-order chi connectivity index (χ1) is 13.5. The number of rotatable bonds is 7. The van der Waals surface area contributed by atoms with Gasteiger partial charge in [0.15, 0.2) is 0 Å². The minimum absolute atomic E-state index is 0.288. The number of hydrogen-bond acceptors (Lipinski definition) is 3. The Kier molecular flexibility index (Phi) is 7.95. The molecule has 0 bridgehead atoms. The predicted octanol–water partition coefficient (Wildman–Crippen LogP) is 5.04. The molecule has 1 fully saturated rings. The third-order valence-electron chi connectivity index (χ3n) is 5.75. The first-order valence-electron chi connectivity index (χ1n) is 9.79. The molecule has 1 unspecified atom stereocenters. The number of benzene rings is 2. The molecule has 2 atom stereocenters. The van der Waals surface area contributed by atoms with Crippen molar-refractivity contribution in [2.24, 2.45) is 5.73 Å². The Labute approximate surface area is 180 Å². The van der Waals surface area contributed by atoms with E-state index >= 15 is 0 Å². The lowest BCUT2D eigenvalue weighted by Gasteiger charge is -2.33. The number of halogens is 2. The Morgan fingerprint density at radius 1 is 1.14 bits per heavy atom. The average molecular weight is 439 g/mol. The second kappa shape index (κ2) is 10.2. The molecule has 0 spiro atoms. The van der Waals surface area contributed by atoms with Gasteiger partial charge in [-0.2, -0.15) is 0 Å². The maximum atomic E-state index is 12.0. The van der Waals surface area contributed by atoms with E-state index in [0.717, 1.165) is 49.4 Å². The lowest BCUT2D eigenvalue weighted by Crippen LogP contribution is -2.35. The van der Waals surface area contributed by atoms with Crippen LogP contribution < -0.4 is 5.73 Å². The van der Waals surface area contributed by atoms with Gasteiger partial charge in [0.05, 0.1) is 20.8 Å². The molecule has 1 aliphatic rings. The summed E-state index contributed by atoms with van der Waals surface area (Å²) in [7, 11) is -0.934.